The Morgan fingerprint density at radius 3 is 2.26 bits per heavy atom. The van der Waals surface area contributed by atoms with Crippen molar-refractivity contribution < 1.29 is 19.3 Å². The molecular weight excluding hydrogens is 496 g/mol. The molecular formula is C27H31BrN2O4. The topological polar surface area (TPSA) is 64.1 Å². The van der Waals surface area contributed by atoms with Crippen molar-refractivity contribution in [2.24, 2.45) is 0 Å². The first-order valence-electron chi connectivity index (χ1n) is 11.2. The summed E-state index contributed by atoms with van der Waals surface area (Å²) in [4.78, 5) is 6.43. The average molecular weight is 527 g/mol. The van der Waals surface area contributed by atoms with Crippen LogP contribution in [0.25, 0.3) is 0 Å². The molecule has 3 aromatic rings. The SMILES string of the molecule is CN(C)C.COc1cc2c(c(OC)n1)C1(O)CCC(c3ccccc3)C1(c1ccc(Br)cc1)O2. The first kappa shape index (κ1) is 24.5. The van der Waals surface area contributed by atoms with E-state index in [-0.39, 0.29) is 5.92 Å². The second kappa shape index (κ2) is 9.56. The maximum atomic E-state index is 12.3. The molecule has 1 fully saturated rings. The Morgan fingerprint density at radius 2 is 1.68 bits per heavy atom. The van der Waals surface area contributed by atoms with Crippen LogP contribution >= 0.6 is 15.9 Å². The molecule has 1 N–H and O–H groups in total. The van der Waals surface area contributed by atoms with E-state index < -0.39 is 11.2 Å². The zero-order chi connectivity index (χ0) is 24.5. The Balaban J connectivity index is 0.000000636. The summed E-state index contributed by atoms with van der Waals surface area (Å²) in [6, 6.07) is 20.0. The van der Waals surface area contributed by atoms with Gasteiger partial charge in [-0.25, -0.2) is 0 Å². The maximum absolute atomic E-state index is 12.3. The molecule has 2 aromatic carbocycles. The minimum Gasteiger partial charge on any atom is -0.481 e. The highest BCUT2D eigenvalue weighted by molar-refractivity contribution is 9.10. The van der Waals surface area contributed by atoms with Crippen molar-refractivity contribution in [2.75, 3.05) is 35.4 Å². The van der Waals surface area contributed by atoms with Crippen molar-refractivity contribution in [3.8, 4) is 17.5 Å². The first-order chi connectivity index (χ1) is 16.3. The predicted molar refractivity (Wildman–Crippen MR) is 136 cm³/mol. The van der Waals surface area contributed by atoms with Gasteiger partial charge < -0.3 is 24.2 Å². The molecule has 3 atom stereocenters. The normalized spacial score (nSPS) is 24.5. The van der Waals surface area contributed by atoms with Crippen LogP contribution in [0.4, 0.5) is 0 Å². The molecule has 180 valence electrons. The smallest absolute Gasteiger partial charge is 0.226 e. The van der Waals surface area contributed by atoms with Crippen molar-refractivity contribution in [2.45, 2.75) is 30.0 Å². The van der Waals surface area contributed by atoms with Crippen LogP contribution in [0.1, 0.15) is 35.4 Å². The third-order valence-corrected chi connectivity index (χ3v) is 6.92. The molecule has 0 saturated heterocycles. The summed E-state index contributed by atoms with van der Waals surface area (Å²) in [6.45, 7) is 0. The number of methoxy groups -OCH3 is 2. The fourth-order valence-electron chi connectivity index (χ4n) is 5.14. The van der Waals surface area contributed by atoms with Gasteiger partial charge in [-0.2, -0.15) is 4.98 Å². The quantitative estimate of drug-likeness (QED) is 0.510. The summed E-state index contributed by atoms with van der Waals surface area (Å²) in [7, 11) is 9.10. The fourth-order valence-corrected chi connectivity index (χ4v) is 5.41. The summed E-state index contributed by atoms with van der Waals surface area (Å²) < 4.78 is 18.6. The minimum atomic E-state index is -1.29. The zero-order valence-electron chi connectivity index (χ0n) is 20.2. The van der Waals surface area contributed by atoms with Gasteiger partial charge in [0.1, 0.15) is 11.4 Å². The van der Waals surface area contributed by atoms with Gasteiger partial charge in [-0.15, -0.1) is 0 Å². The van der Waals surface area contributed by atoms with Crippen LogP contribution in [-0.4, -0.2) is 50.4 Å². The van der Waals surface area contributed by atoms with Crippen molar-refractivity contribution >= 4 is 15.9 Å². The number of benzene rings is 2. The van der Waals surface area contributed by atoms with Crippen LogP contribution in [0.5, 0.6) is 17.5 Å². The van der Waals surface area contributed by atoms with E-state index in [1.807, 2.05) is 68.5 Å². The van der Waals surface area contributed by atoms with Gasteiger partial charge >= 0.3 is 0 Å². The Bertz CT molecular complexity index is 1140. The van der Waals surface area contributed by atoms with Crippen LogP contribution < -0.4 is 14.2 Å². The zero-order valence-corrected chi connectivity index (χ0v) is 21.8. The second-order valence-electron chi connectivity index (χ2n) is 9.10. The van der Waals surface area contributed by atoms with Gasteiger partial charge in [-0.05, 0) is 57.2 Å². The Labute approximate surface area is 209 Å². The van der Waals surface area contributed by atoms with Gasteiger partial charge in [-0.1, -0.05) is 58.4 Å². The molecule has 6 nitrogen and oxygen atoms in total. The lowest BCUT2D eigenvalue weighted by Gasteiger charge is -2.40. The van der Waals surface area contributed by atoms with E-state index in [4.69, 9.17) is 14.2 Å². The number of fused-ring (bicyclic) bond motifs is 3. The lowest BCUT2D eigenvalue weighted by molar-refractivity contribution is -0.106. The van der Waals surface area contributed by atoms with Crippen molar-refractivity contribution in [3.63, 3.8) is 0 Å². The third-order valence-electron chi connectivity index (χ3n) is 6.39. The van der Waals surface area contributed by atoms with Gasteiger partial charge in [-0.3, -0.25) is 0 Å². The van der Waals surface area contributed by atoms with Gasteiger partial charge in [0, 0.05) is 16.5 Å². The minimum absolute atomic E-state index is 0.0482. The molecule has 2 aliphatic rings. The number of rotatable bonds is 4. The average Bonchev–Trinajstić information content (AvgIpc) is 3.26. The number of pyridine rings is 1. The molecule has 0 amide bonds. The highest BCUT2D eigenvalue weighted by Gasteiger charge is 2.69. The maximum Gasteiger partial charge on any atom is 0.226 e. The van der Waals surface area contributed by atoms with Gasteiger partial charge in [0.05, 0.1) is 19.8 Å². The Hall–Kier alpha value is -2.61. The first-order valence-corrected chi connectivity index (χ1v) is 12.0. The van der Waals surface area contributed by atoms with Crippen molar-refractivity contribution in [3.05, 3.63) is 81.8 Å². The van der Waals surface area contributed by atoms with Crippen LogP contribution in [0.15, 0.2) is 65.1 Å². The number of nitrogens with zero attached hydrogens (tertiary/aromatic N) is 2. The largest absolute Gasteiger partial charge is 0.481 e. The number of aromatic nitrogens is 1. The summed E-state index contributed by atoms with van der Waals surface area (Å²) in [6.07, 6.45) is 1.30. The van der Waals surface area contributed by atoms with E-state index in [0.29, 0.717) is 29.5 Å². The standard InChI is InChI=1S/C24H22BrNO4.C3H9N/c1-28-20-14-19-21(22(26-20)29-2)23(27)13-12-18(15-6-4-3-5-7-15)24(23,30-19)16-8-10-17(25)11-9-16;1-4(2)3/h3-11,14,18,27H,12-13H2,1-2H3;1-3H3. The van der Waals surface area contributed by atoms with Crippen LogP contribution in [0.3, 0.4) is 0 Å². The number of hydrogen-bond acceptors (Lipinski definition) is 6. The van der Waals surface area contributed by atoms with E-state index in [1.165, 1.54) is 0 Å². The van der Waals surface area contributed by atoms with Crippen molar-refractivity contribution in [1.29, 1.82) is 0 Å². The highest BCUT2D eigenvalue weighted by Crippen LogP contribution is 2.68. The van der Waals surface area contributed by atoms with Crippen LogP contribution in [0.2, 0.25) is 0 Å². The van der Waals surface area contributed by atoms with Crippen molar-refractivity contribution in [1.82, 2.24) is 9.88 Å². The molecule has 5 rings (SSSR count). The monoisotopic (exact) mass is 526 g/mol. The molecule has 2 heterocycles. The fraction of sp³-hybridized carbons (Fsp3) is 0.370. The molecule has 1 aliphatic heterocycles. The van der Waals surface area contributed by atoms with Gasteiger partial charge in [0.2, 0.25) is 11.8 Å². The second-order valence-corrected chi connectivity index (χ2v) is 10.0. The summed E-state index contributed by atoms with van der Waals surface area (Å²) >= 11 is 3.52. The van der Waals surface area contributed by atoms with Gasteiger partial charge in [0.15, 0.2) is 5.60 Å². The third kappa shape index (κ3) is 3.96. The molecule has 1 saturated carbocycles. The van der Waals surface area contributed by atoms with E-state index in [9.17, 15) is 5.11 Å². The number of aliphatic hydroxyl groups is 1. The van der Waals surface area contributed by atoms with E-state index in [2.05, 4.69) is 33.0 Å². The Kier molecular flexibility index (Phi) is 6.90. The lowest BCUT2D eigenvalue weighted by Crippen LogP contribution is -2.48. The van der Waals surface area contributed by atoms with E-state index in [1.54, 1.807) is 20.3 Å². The number of hydrogen-bond donors (Lipinski definition) is 1. The number of halogens is 1. The molecule has 0 radical (unpaired) electrons. The summed E-state index contributed by atoms with van der Waals surface area (Å²) in [5.74, 6) is 1.22. The molecule has 1 aromatic heterocycles. The number of ether oxygens (including phenoxy) is 3. The molecule has 1 aliphatic carbocycles. The Morgan fingerprint density at radius 1 is 1.03 bits per heavy atom. The molecule has 34 heavy (non-hydrogen) atoms. The van der Waals surface area contributed by atoms with E-state index >= 15 is 0 Å². The van der Waals surface area contributed by atoms with Gasteiger partial charge in [0.25, 0.3) is 0 Å². The molecule has 0 spiro atoms. The molecule has 0 bridgehead atoms. The highest BCUT2D eigenvalue weighted by atomic mass is 79.9. The summed E-state index contributed by atoms with van der Waals surface area (Å²) in [5.41, 5.74) is 0.340. The molecule has 7 heteroatoms. The lowest BCUT2D eigenvalue weighted by atomic mass is 9.72. The van der Waals surface area contributed by atoms with Crippen LogP contribution in [-0.2, 0) is 11.2 Å². The molecule has 3 unspecified atom stereocenters. The summed E-state index contributed by atoms with van der Waals surface area (Å²) in [5, 5.41) is 12.3. The van der Waals surface area contributed by atoms with Crippen LogP contribution in [0, 0.1) is 0 Å². The van der Waals surface area contributed by atoms with E-state index in [0.717, 1.165) is 22.0 Å². The predicted octanol–water partition coefficient (Wildman–Crippen LogP) is 5.09.